The van der Waals surface area contributed by atoms with Gasteiger partial charge in [0.25, 0.3) is 0 Å². The zero-order chi connectivity index (χ0) is 13.8. The molecule has 2 aromatic rings. The van der Waals surface area contributed by atoms with Crippen molar-refractivity contribution in [1.29, 1.82) is 5.26 Å². The SMILES string of the molecule is CCCc1c(N)cc(C#N)n1Cc1ccccc1C. The van der Waals surface area contributed by atoms with Gasteiger partial charge in [0.2, 0.25) is 0 Å². The van der Waals surface area contributed by atoms with E-state index in [0.717, 1.165) is 24.2 Å². The Balaban J connectivity index is 2.44. The summed E-state index contributed by atoms with van der Waals surface area (Å²) >= 11 is 0. The fourth-order valence-corrected chi connectivity index (χ4v) is 2.36. The van der Waals surface area contributed by atoms with Crippen LogP contribution in [0.5, 0.6) is 0 Å². The summed E-state index contributed by atoms with van der Waals surface area (Å²) in [6, 6.07) is 12.3. The van der Waals surface area contributed by atoms with Crippen LogP contribution in [-0.4, -0.2) is 4.57 Å². The third kappa shape index (κ3) is 2.63. The summed E-state index contributed by atoms with van der Waals surface area (Å²) in [5, 5.41) is 9.25. The molecule has 0 fully saturated rings. The highest BCUT2D eigenvalue weighted by Gasteiger charge is 2.13. The number of nitrogens with two attached hydrogens (primary N) is 1. The zero-order valence-electron chi connectivity index (χ0n) is 11.5. The molecule has 1 aromatic heterocycles. The summed E-state index contributed by atoms with van der Waals surface area (Å²) in [5.41, 5.74) is 10.9. The molecule has 0 spiro atoms. The molecule has 0 unspecified atom stereocenters. The largest absolute Gasteiger partial charge is 0.397 e. The van der Waals surface area contributed by atoms with Gasteiger partial charge >= 0.3 is 0 Å². The van der Waals surface area contributed by atoms with Crippen molar-refractivity contribution >= 4 is 5.69 Å². The lowest BCUT2D eigenvalue weighted by Crippen LogP contribution is -2.08. The first-order chi connectivity index (χ1) is 9.17. The van der Waals surface area contributed by atoms with E-state index in [2.05, 4.69) is 32.0 Å². The van der Waals surface area contributed by atoms with Crippen molar-refractivity contribution in [2.24, 2.45) is 0 Å². The Labute approximate surface area is 114 Å². The van der Waals surface area contributed by atoms with E-state index in [1.165, 1.54) is 11.1 Å². The molecular weight excluding hydrogens is 234 g/mol. The van der Waals surface area contributed by atoms with Crippen LogP contribution in [0.2, 0.25) is 0 Å². The maximum atomic E-state index is 9.25. The number of hydrogen-bond acceptors (Lipinski definition) is 2. The van der Waals surface area contributed by atoms with Gasteiger partial charge in [-0.3, -0.25) is 0 Å². The molecule has 98 valence electrons. The molecule has 0 aliphatic carbocycles. The molecule has 0 aliphatic heterocycles. The predicted octanol–water partition coefficient (Wildman–Crippen LogP) is 3.25. The molecule has 2 N–H and O–H groups in total. The maximum Gasteiger partial charge on any atom is 0.122 e. The van der Waals surface area contributed by atoms with Crippen LogP contribution in [0.3, 0.4) is 0 Å². The molecule has 0 radical (unpaired) electrons. The maximum absolute atomic E-state index is 9.25. The standard InChI is InChI=1S/C16H19N3/c1-3-6-16-15(18)9-14(10-17)19(16)11-13-8-5-4-7-12(13)2/h4-5,7-9H,3,6,11,18H2,1-2H3. The van der Waals surface area contributed by atoms with Crippen molar-refractivity contribution in [3.8, 4) is 6.07 Å². The highest BCUT2D eigenvalue weighted by molar-refractivity contribution is 5.51. The van der Waals surface area contributed by atoms with Gasteiger partial charge in [-0.25, -0.2) is 0 Å². The summed E-state index contributed by atoms with van der Waals surface area (Å²) in [6.45, 7) is 4.92. The molecule has 3 heteroatoms. The predicted molar refractivity (Wildman–Crippen MR) is 77.8 cm³/mol. The summed E-state index contributed by atoms with van der Waals surface area (Å²) in [4.78, 5) is 0. The van der Waals surface area contributed by atoms with E-state index in [1.54, 1.807) is 6.07 Å². The smallest absolute Gasteiger partial charge is 0.122 e. The second-order valence-electron chi connectivity index (χ2n) is 4.81. The van der Waals surface area contributed by atoms with Gasteiger partial charge in [0.15, 0.2) is 0 Å². The van der Waals surface area contributed by atoms with E-state index in [1.807, 2.05) is 16.7 Å². The molecule has 0 amide bonds. The van der Waals surface area contributed by atoms with E-state index in [-0.39, 0.29) is 0 Å². The topological polar surface area (TPSA) is 54.7 Å². The van der Waals surface area contributed by atoms with Gasteiger partial charge in [-0.2, -0.15) is 5.26 Å². The van der Waals surface area contributed by atoms with E-state index < -0.39 is 0 Å². The van der Waals surface area contributed by atoms with Crippen LogP contribution in [0.1, 0.15) is 35.9 Å². The van der Waals surface area contributed by atoms with Crippen LogP contribution in [0.25, 0.3) is 0 Å². The van der Waals surface area contributed by atoms with Gasteiger partial charge in [-0.05, 0) is 30.5 Å². The molecule has 19 heavy (non-hydrogen) atoms. The molecule has 0 saturated carbocycles. The van der Waals surface area contributed by atoms with Crippen LogP contribution in [0.15, 0.2) is 30.3 Å². The zero-order valence-corrected chi connectivity index (χ0v) is 11.5. The number of nitrogen functional groups attached to an aromatic ring is 1. The first-order valence-electron chi connectivity index (χ1n) is 6.59. The Bertz CT molecular complexity index is 617. The lowest BCUT2D eigenvalue weighted by atomic mass is 10.1. The van der Waals surface area contributed by atoms with Gasteiger partial charge < -0.3 is 10.3 Å². The van der Waals surface area contributed by atoms with Gasteiger partial charge in [-0.1, -0.05) is 37.6 Å². The molecule has 1 heterocycles. The summed E-state index contributed by atoms with van der Waals surface area (Å²) in [6.07, 6.45) is 1.92. The Kier molecular flexibility index (Phi) is 3.91. The molecule has 2 rings (SSSR count). The van der Waals surface area contributed by atoms with Crippen molar-refractivity contribution in [1.82, 2.24) is 4.57 Å². The lowest BCUT2D eigenvalue weighted by molar-refractivity contribution is 0.716. The van der Waals surface area contributed by atoms with Crippen molar-refractivity contribution < 1.29 is 0 Å². The minimum absolute atomic E-state index is 0.643. The second kappa shape index (κ2) is 5.62. The van der Waals surface area contributed by atoms with Crippen LogP contribution in [0, 0.1) is 18.3 Å². The summed E-state index contributed by atoms with van der Waals surface area (Å²) in [7, 11) is 0. The van der Waals surface area contributed by atoms with Crippen molar-refractivity contribution in [3.05, 3.63) is 52.8 Å². The fraction of sp³-hybridized carbons (Fsp3) is 0.312. The monoisotopic (exact) mass is 253 g/mol. The van der Waals surface area contributed by atoms with Gasteiger partial charge in [0.05, 0.1) is 5.69 Å². The first kappa shape index (κ1) is 13.2. The summed E-state index contributed by atoms with van der Waals surface area (Å²) < 4.78 is 2.04. The number of rotatable bonds is 4. The van der Waals surface area contributed by atoms with Crippen LogP contribution < -0.4 is 5.73 Å². The van der Waals surface area contributed by atoms with E-state index in [0.29, 0.717) is 12.2 Å². The lowest BCUT2D eigenvalue weighted by Gasteiger charge is -2.12. The minimum Gasteiger partial charge on any atom is -0.397 e. The van der Waals surface area contributed by atoms with Crippen molar-refractivity contribution in [2.45, 2.75) is 33.2 Å². The number of anilines is 1. The van der Waals surface area contributed by atoms with Crippen molar-refractivity contribution in [2.75, 3.05) is 5.73 Å². The van der Waals surface area contributed by atoms with E-state index in [9.17, 15) is 5.26 Å². The van der Waals surface area contributed by atoms with Crippen LogP contribution in [-0.2, 0) is 13.0 Å². The summed E-state index contributed by atoms with van der Waals surface area (Å²) in [5.74, 6) is 0. The Hall–Kier alpha value is -2.21. The highest BCUT2D eigenvalue weighted by atomic mass is 15.0. The number of aryl methyl sites for hydroxylation is 1. The molecule has 0 aliphatic rings. The van der Waals surface area contributed by atoms with Gasteiger partial charge in [0.1, 0.15) is 11.8 Å². The fourth-order valence-electron chi connectivity index (χ4n) is 2.36. The normalized spacial score (nSPS) is 10.4. The third-order valence-electron chi connectivity index (χ3n) is 3.43. The average molecular weight is 253 g/mol. The first-order valence-corrected chi connectivity index (χ1v) is 6.59. The quantitative estimate of drug-likeness (QED) is 0.909. The second-order valence-corrected chi connectivity index (χ2v) is 4.81. The van der Waals surface area contributed by atoms with E-state index in [4.69, 9.17) is 5.73 Å². The highest BCUT2D eigenvalue weighted by Crippen LogP contribution is 2.22. The van der Waals surface area contributed by atoms with Crippen molar-refractivity contribution in [3.63, 3.8) is 0 Å². The number of nitrogens with zero attached hydrogens (tertiary/aromatic N) is 2. The molecule has 0 atom stereocenters. The van der Waals surface area contributed by atoms with Gasteiger partial charge in [0, 0.05) is 12.2 Å². The third-order valence-corrected chi connectivity index (χ3v) is 3.43. The minimum atomic E-state index is 0.643. The molecule has 0 bridgehead atoms. The van der Waals surface area contributed by atoms with Crippen LogP contribution >= 0.6 is 0 Å². The Morgan fingerprint density at radius 2 is 2.05 bits per heavy atom. The Morgan fingerprint density at radius 3 is 2.68 bits per heavy atom. The number of hydrogen-bond donors (Lipinski definition) is 1. The number of benzene rings is 1. The Morgan fingerprint density at radius 1 is 1.32 bits per heavy atom. The number of nitriles is 1. The number of aromatic nitrogens is 1. The van der Waals surface area contributed by atoms with Gasteiger partial charge in [-0.15, -0.1) is 0 Å². The molecular formula is C16H19N3. The average Bonchev–Trinajstić information content (AvgIpc) is 2.70. The van der Waals surface area contributed by atoms with E-state index >= 15 is 0 Å². The molecule has 3 nitrogen and oxygen atoms in total. The molecule has 1 aromatic carbocycles. The molecule has 0 saturated heterocycles. The van der Waals surface area contributed by atoms with Crippen LogP contribution in [0.4, 0.5) is 5.69 Å².